The number of carbonyl (C=O) groups excluding carboxylic acids is 1. The molecule has 2 aromatic rings. The first kappa shape index (κ1) is 22.4. The molecular formula is C15H25Cl2N7O2. The maximum atomic E-state index is 12.2. The molecule has 1 aliphatic heterocycles. The summed E-state index contributed by atoms with van der Waals surface area (Å²) in [5.41, 5.74) is 0.909. The average molecular weight is 406 g/mol. The van der Waals surface area contributed by atoms with Gasteiger partial charge in [0.2, 0.25) is 5.91 Å². The highest BCUT2D eigenvalue weighted by Crippen LogP contribution is 2.17. The van der Waals surface area contributed by atoms with Crippen LogP contribution in [0, 0.1) is 6.92 Å². The van der Waals surface area contributed by atoms with Crippen molar-refractivity contribution in [2.45, 2.75) is 6.92 Å². The molecular weight excluding hydrogens is 381 g/mol. The Hall–Kier alpha value is -1.68. The fourth-order valence-corrected chi connectivity index (χ4v) is 2.80. The molecule has 2 aromatic heterocycles. The third kappa shape index (κ3) is 5.16. The Balaban J connectivity index is 0.00000169. The fourth-order valence-electron chi connectivity index (χ4n) is 2.80. The van der Waals surface area contributed by atoms with Gasteiger partial charge in [0, 0.05) is 51.6 Å². The van der Waals surface area contributed by atoms with Crippen LogP contribution >= 0.6 is 24.8 Å². The normalized spacial score (nSPS) is 14.1. The lowest BCUT2D eigenvalue weighted by molar-refractivity contribution is -0.130. The number of halogens is 2. The van der Waals surface area contributed by atoms with Crippen LogP contribution in [0.1, 0.15) is 5.69 Å². The number of nitrogens with one attached hydrogen (secondary N) is 1. The van der Waals surface area contributed by atoms with Crippen molar-refractivity contribution in [1.29, 1.82) is 0 Å². The van der Waals surface area contributed by atoms with Crippen LogP contribution in [0.4, 0.5) is 5.82 Å². The van der Waals surface area contributed by atoms with Gasteiger partial charge in [-0.2, -0.15) is 14.6 Å². The van der Waals surface area contributed by atoms with E-state index in [0.29, 0.717) is 38.6 Å². The highest BCUT2D eigenvalue weighted by Gasteiger charge is 2.23. The van der Waals surface area contributed by atoms with Crippen molar-refractivity contribution in [3.05, 3.63) is 18.1 Å². The summed E-state index contributed by atoms with van der Waals surface area (Å²) in [7, 11) is 1.65. The van der Waals surface area contributed by atoms with Gasteiger partial charge in [-0.15, -0.1) is 24.8 Å². The second kappa shape index (κ2) is 10.5. The molecule has 0 radical (unpaired) electrons. The number of aryl methyl sites for hydroxylation is 1. The first-order valence-corrected chi connectivity index (χ1v) is 8.09. The summed E-state index contributed by atoms with van der Waals surface area (Å²) in [6, 6.07) is 2.01. The molecule has 0 aliphatic carbocycles. The first-order valence-electron chi connectivity index (χ1n) is 8.09. The number of nitrogens with zero attached hydrogens (tertiary/aromatic N) is 6. The van der Waals surface area contributed by atoms with E-state index >= 15 is 0 Å². The molecule has 11 heteroatoms. The highest BCUT2D eigenvalue weighted by molar-refractivity contribution is 5.85. The molecule has 0 atom stereocenters. The van der Waals surface area contributed by atoms with Gasteiger partial charge in [-0.25, -0.2) is 4.98 Å². The zero-order chi connectivity index (χ0) is 16.9. The van der Waals surface area contributed by atoms with Gasteiger partial charge in [-0.3, -0.25) is 4.79 Å². The second-order valence-electron chi connectivity index (χ2n) is 5.76. The van der Waals surface area contributed by atoms with Gasteiger partial charge < -0.3 is 19.9 Å². The van der Waals surface area contributed by atoms with E-state index < -0.39 is 0 Å². The topological polar surface area (TPSA) is 87.9 Å². The molecule has 1 amide bonds. The Morgan fingerprint density at radius 1 is 1.27 bits per heavy atom. The van der Waals surface area contributed by atoms with Crippen LogP contribution in [0.2, 0.25) is 0 Å². The second-order valence-corrected chi connectivity index (χ2v) is 5.76. The first-order chi connectivity index (χ1) is 11.7. The van der Waals surface area contributed by atoms with Crippen LogP contribution in [0.25, 0.3) is 5.78 Å². The molecule has 1 saturated heterocycles. The van der Waals surface area contributed by atoms with E-state index in [9.17, 15) is 4.79 Å². The number of anilines is 1. The minimum Gasteiger partial charge on any atom is -0.383 e. The van der Waals surface area contributed by atoms with E-state index in [1.54, 1.807) is 11.6 Å². The standard InChI is InChI=1S/C15H23N7O2.2ClH/c1-12-9-13(22-15(19-12)17-11-18-22)20-4-6-21(7-5-20)14(23)10-16-3-8-24-2;;/h9,11,16H,3-8,10H2,1-2H3;2*1H. The Morgan fingerprint density at radius 3 is 2.69 bits per heavy atom. The van der Waals surface area contributed by atoms with Crippen molar-refractivity contribution in [3.8, 4) is 0 Å². The Kier molecular flexibility index (Phi) is 9.00. The van der Waals surface area contributed by atoms with E-state index in [4.69, 9.17) is 4.74 Å². The number of hydrogen-bond acceptors (Lipinski definition) is 7. The average Bonchev–Trinajstić information content (AvgIpc) is 3.06. The number of carbonyl (C=O) groups is 1. The molecule has 3 heterocycles. The highest BCUT2D eigenvalue weighted by atomic mass is 35.5. The van der Waals surface area contributed by atoms with Gasteiger partial charge in [-0.05, 0) is 6.92 Å². The van der Waals surface area contributed by atoms with Crippen LogP contribution < -0.4 is 10.2 Å². The SMILES string of the molecule is COCCNCC(=O)N1CCN(c2cc(C)nc3ncnn23)CC1.Cl.Cl. The van der Waals surface area contributed by atoms with Crippen LogP contribution in [0.3, 0.4) is 0 Å². The molecule has 146 valence electrons. The smallest absolute Gasteiger partial charge is 0.254 e. The summed E-state index contributed by atoms with van der Waals surface area (Å²) in [6.07, 6.45) is 1.51. The minimum atomic E-state index is 0. The van der Waals surface area contributed by atoms with Crippen molar-refractivity contribution in [2.75, 3.05) is 57.9 Å². The van der Waals surface area contributed by atoms with Crippen LogP contribution in [0.15, 0.2) is 12.4 Å². The van der Waals surface area contributed by atoms with Crippen molar-refractivity contribution < 1.29 is 9.53 Å². The molecule has 1 N–H and O–H groups in total. The van der Waals surface area contributed by atoms with Crippen molar-refractivity contribution in [3.63, 3.8) is 0 Å². The van der Waals surface area contributed by atoms with Gasteiger partial charge >= 0.3 is 0 Å². The molecule has 26 heavy (non-hydrogen) atoms. The number of fused-ring (bicyclic) bond motifs is 1. The molecule has 1 fully saturated rings. The van der Waals surface area contributed by atoms with Crippen molar-refractivity contribution in [2.24, 2.45) is 0 Å². The minimum absolute atomic E-state index is 0. The summed E-state index contributed by atoms with van der Waals surface area (Å²) in [4.78, 5) is 24.8. The predicted molar refractivity (Wildman–Crippen MR) is 104 cm³/mol. The maximum Gasteiger partial charge on any atom is 0.254 e. The summed E-state index contributed by atoms with van der Waals surface area (Å²) in [5.74, 6) is 1.70. The van der Waals surface area contributed by atoms with E-state index in [0.717, 1.165) is 24.6 Å². The van der Waals surface area contributed by atoms with Gasteiger partial charge in [0.1, 0.15) is 12.1 Å². The molecule has 0 aromatic carbocycles. The summed E-state index contributed by atoms with van der Waals surface area (Å²) in [5, 5.41) is 7.34. The molecule has 0 spiro atoms. The number of methoxy groups -OCH3 is 1. The van der Waals surface area contributed by atoms with Crippen LogP contribution in [0.5, 0.6) is 0 Å². The van der Waals surface area contributed by atoms with E-state index in [1.807, 2.05) is 17.9 Å². The third-order valence-corrected chi connectivity index (χ3v) is 4.08. The fraction of sp³-hybridized carbons (Fsp3) is 0.600. The quantitative estimate of drug-likeness (QED) is 0.684. The predicted octanol–water partition coefficient (Wildman–Crippen LogP) is 0.161. The number of piperazine rings is 1. The molecule has 0 saturated carbocycles. The summed E-state index contributed by atoms with van der Waals surface area (Å²) >= 11 is 0. The number of amides is 1. The van der Waals surface area contributed by atoms with Crippen LogP contribution in [-0.4, -0.2) is 83.4 Å². The van der Waals surface area contributed by atoms with Crippen molar-refractivity contribution >= 4 is 42.3 Å². The van der Waals surface area contributed by atoms with E-state index in [1.165, 1.54) is 6.33 Å². The Labute approximate surface area is 164 Å². The largest absolute Gasteiger partial charge is 0.383 e. The Bertz CT molecular complexity index is 704. The molecule has 3 rings (SSSR count). The zero-order valence-electron chi connectivity index (χ0n) is 14.9. The Morgan fingerprint density at radius 2 is 2.00 bits per heavy atom. The third-order valence-electron chi connectivity index (χ3n) is 4.08. The molecule has 0 unspecified atom stereocenters. The summed E-state index contributed by atoms with van der Waals surface area (Å²) < 4.78 is 6.70. The number of rotatable bonds is 6. The molecule has 1 aliphatic rings. The van der Waals surface area contributed by atoms with Crippen LogP contribution in [-0.2, 0) is 9.53 Å². The number of aromatic nitrogens is 4. The van der Waals surface area contributed by atoms with Gasteiger partial charge in [0.05, 0.1) is 13.2 Å². The maximum absolute atomic E-state index is 12.2. The van der Waals surface area contributed by atoms with E-state index in [2.05, 4.69) is 25.3 Å². The number of hydrogen-bond donors (Lipinski definition) is 1. The molecule has 9 nitrogen and oxygen atoms in total. The lowest BCUT2D eigenvalue weighted by atomic mass is 10.3. The van der Waals surface area contributed by atoms with Gasteiger partial charge in [-0.1, -0.05) is 0 Å². The lowest BCUT2D eigenvalue weighted by Gasteiger charge is -2.36. The van der Waals surface area contributed by atoms with E-state index in [-0.39, 0.29) is 30.7 Å². The van der Waals surface area contributed by atoms with Gasteiger partial charge in [0.15, 0.2) is 0 Å². The molecule has 0 bridgehead atoms. The number of ether oxygens (including phenoxy) is 1. The van der Waals surface area contributed by atoms with Crippen molar-refractivity contribution in [1.82, 2.24) is 29.8 Å². The monoisotopic (exact) mass is 405 g/mol. The van der Waals surface area contributed by atoms with Gasteiger partial charge in [0.25, 0.3) is 5.78 Å². The summed E-state index contributed by atoms with van der Waals surface area (Å²) in [6.45, 7) is 6.52. The lowest BCUT2D eigenvalue weighted by Crippen LogP contribution is -2.51. The zero-order valence-corrected chi connectivity index (χ0v) is 16.6.